The van der Waals surface area contributed by atoms with Crippen LogP contribution in [0.15, 0.2) is 96.1 Å². The molecule has 0 bridgehead atoms. The normalized spacial score (nSPS) is 9.77. The lowest BCUT2D eigenvalue weighted by Gasteiger charge is -2.14. The third-order valence-corrected chi connectivity index (χ3v) is 6.86. The van der Waals surface area contributed by atoms with Gasteiger partial charge in [-0.05, 0) is 64.1 Å². The molecule has 4 rings (SSSR count). The van der Waals surface area contributed by atoms with Gasteiger partial charge in [-0.25, -0.2) is 4.79 Å². The van der Waals surface area contributed by atoms with Gasteiger partial charge in [0.15, 0.2) is 0 Å². The van der Waals surface area contributed by atoms with Crippen molar-refractivity contribution in [3.63, 3.8) is 0 Å². The van der Waals surface area contributed by atoms with Crippen molar-refractivity contribution >= 4 is 17.1 Å². The standard InChI is InChI=1S/C37H24N4O2/c1-24(2)28-10-7-11-31-32(18-28)34(37(42)43-3)19-33(31)36(30(22-40)23-41)35(29(20-38)21-39)27-16-14-26(15-17-27)13-12-25-8-5-4-6-9-25/h4-11,14-19,24H,1-3H3. The Hall–Kier alpha value is -6.39. The van der Waals surface area contributed by atoms with Gasteiger partial charge in [-0.15, -0.1) is 0 Å². The minimum absolute atomic E-state index is 0.0728. The minimum Gasteiger partial charge on any atom is -0.465 e. The fourth-order valence-electron chi connectivity index (χ4n) is 4.71. The van der Waals surface area contributed by atoms with Gasteiger partial charge >= 0.3 is 5.97 Å². The third kappa shape index (κ3) is 6.19. The Morgan fingerprint density at radius 3 is 1.79 bits per heavy atom. The molecule has 0 N–H and O–H groups in total. The zero-order valence-electron chi connectivity index (χ0n) is 23.8. The molecule has 2 aliphatic carbocycles. The van der Waals surface area contributed by atoms with E-state index >= 15 is 0 Å². The molecule has 0 fully saturated rings. The molecule has 0 amide bonds. The summed E-state index contributed by atoms with van der Waals surface area (Å²) < 4.78 is 5.07. The van der Waals surface area contributed by atoms with Gasteiger partial charge in [0.2, 0.25) is 0 Å². The highest BCUT2D eigenvalue weighted by Crippen LogP contribution is 2.44. The van der Waals surface area contributed by atoms with Gasteiger partial charge in [-0.3, -0.25) is 0 Å². The van der Waals surface area contributed by atoms with Crippen LogP contribution in [0.1, 0.15) is 57.9 Å². The Kier molecular flexibility index (Phi) is 9.16. The van der Waals surface area contributed by atoms with Crippen LogP contribution in [0.25, 0.3) is 22.3 Å². The largest absolute Gasteiger partial charge is 0.465 e. The smallest absolute Gasteiger partial charge is 0.338 e. The van der Waals surface area contributed by atoms with Crippen LogP contribution in [0.3, 0.4) is 0 Å². The number of ether oxygens (including phenoxy) is 1. The van der Waals surface area contributed by atoms with E-state index in [0.717, 1.165) is 11.1 Å². The molecule has 2 aliphatic rings. The molecule has 0 saturated carbocycles. The molecule has 0 spiro atoms. The first-order valence-corrected chi connectivity index (χ1v) is 13.3. The molecule has 43 heavy (non-hydrogen) atoms. The number of carbonyl (C=O) groups excluding carboxylic acids is 1. The summed E-state index contributed by atoms with van der Waals surface area (Å²) in [6, 6.07) is 33.1. The van der Waals surface area contributed by atoms with Crippen molar-refractivity contribution in [2.75, 3.05) is 7.11 Å². The Labute approximate surface area is 251 Å². The molecule has 0 unspecified atom stereocenters. The van der Waals surface area contributed by atoms with E-state index in [9.17, 15) is 25.8 Å². The van der Waals surface area contributed by atoms with Crippen molar-refractivity contribution in [1.82, 2.24) is 0 Å². The summed E-state index contributed by atoms with van der Waals surface area (Å²) in [6.45, 7) is 4.05. The van der Waals surface area contributed by atoms with Crippen molar-refractivity contribution in [2.24, 2.45) is 0 Å². The number of hydrogen-bond acceptors (Lipinski definition) is 6. The highest BCUT2D eigenvalue weighted by Gasteiger charge is 2.29. The van der Waals surface area contributed by atoms with Crippen LogP contribution in [0.2, 0.25) is 0 Å². The monoisotopic (exact) mass is 556 g/mol. The maximum Gasteiger partial charge on any atom is 0.338 e. The van der Waals surface area contributed by atoms with Crippen LogP contribution in [0.5, 0.6) is 0 Å². The van der Waals surface area contributed by atoms with Crippen molar-refractivity contribution in [3.8, 4) is 47.2 Å². The number of hydrogen-bond donors (Lipinski definition) is 0. The molecular weight excluding hydrogens is 532 g/mol. The van der Waals surface area contributed by atoms with E-state index in [1.54, 1.807) is 36.4 Å². The van der Waals surface area contributed by atoms with Crippen LogP contribution >= 0.6 is 0 Å². The van der Waals surface area contributed by atoms with Gasteiger partial charge in [0.1, 0.15) is 35.4 Å². The van der Waals surface area contributed by atoms with Crippen molar-refractivity contribution in [3.05, 3.63) is 129 Å². The van der Waals surface area contributed by atoms with Crippen molar-refractivity contribution in [1.29, 1.82) is 21.0 Å². The molecule has 0 atom stereocenters. The zero-order chi connectivity index (χ0) is 30.9. The predicted molar refractivity (Wildman–Crippen MR) is 164 cm³/mol. The topological polar surface area (TPSA) is 121 Å². The number of carbonyl (C=O) groups is 1. The average molecular weight is 557 g/mol. The maximum atomic E-state index is 12.9. The van der Waals surface area contributed by atoms with E-state index in [1.165, 1.54) is 7.11 Å². The number of esters is 1. The predicted octanol–water partition coefficient (Wildman–Crippen LogP) is 7.40. The molecule has 0 radical (unpaired) electrons. The quantitative estimate of drug-likeness (QED) is 0.109. The summed E-state index contributed by atoms with van der Waals surface area (Å²) in [5.41, 5.74) is 4.20. The second-order valence-electron chi connectivity index (χ2n) is 9.76. The Balaban J connectivity index is 2.01. The van der Waals surface area contributed by atoms with Gasteiger partial charge < -0.3 is 4.74 Å². The molecule has 6 heteroatoms. The summed E-state index contributed by atoms with van der Waals surface area (Å²) in [7, 11) is 1.27. The number of nitriles is 4. The summed E-state index contributed by atoms with van der Waals surface area (Å²) in [4.78, 5) is 12.9. The Morgan fingerprint density at radius 2 is 1.23 bits per heavy atom. The molecule has 0 aromatic heterocycles. The number of methoxy groups -OCH3 is 1. The highest BCUT2D eigenvalue weighted by molar-refractivity contribution is 6.15. The Bertz CT molecular complexity index is 1940. The molecule has 2 aromatic carbocycles. The van der Waals surface area contributed by atoms with E-state index in [-0.39, 0.29) is 33.8 Å². The lowest BCUT2D eigenvalue weighted by atomic mass is 9.85. The van der Waals surface area contributed by atoms with E-state index in [4.69, 9.17) is 4.74 Å². The van der Waals surface area contributed by atoms with Crippen LogP contribution in [-0.2, 0) is 4.74 Å². The van der Waals surface area contributed by atoms with E-state index in [0.29, 0.717) is 27.8 Å². The lowest BCUT2D eigenvalue weighted by Crippen LogP contribution is -2.00. The molecule has 6 nitrogen and oxygen atoms in total. The van der Waals surface area contributed by atoms with Gasteiger partial charge in [-0.1, -0.05) is 80.3 Å². The second-order valence-corrected chi connectivity index (χ2v) is 9.76. The number of benzene rings is 2. The zero-order valence-corrected chi connectivity index (χ0v) is 23.8. The number of fused-ring (bicyclic) bond motifs is 1. The molecule has 0 heterocycles. The van der Waals surface area contributed by atoms with Crippen LogP contribution in [0.4, 0.5) is 0 Å². The second kappa shape index (κ2) is 13.3. The summed E-state index contributed by atoms with van der Waals surface area (Å²) in [5, 5.41) is 40.2. The summed E-state index contributed by atoms with van der Waals surface area (Å²) in [6.07, 6.45) is 0. The average Bonchev–Trinajstić information content (AvgIpc) is 3.23. The molecular formula is C37H24N4O2. The highest BCUT2D eigenvalue weighted by atomic mass is 16.5. The summed E-state index contributed by atoms with van der Waals surface area (Å²) in [5.74, 6) is 5.73. The molecule has 204 valence electrons. The van der Waals surface area contributed by atoms with Gasteiger partial charge in [0.25, 0.3) is 0 Å². The third-order valence-electron chi connectivity index (χ3n) is 6.86. The van der Waals surface area contributed by atoms with Crippen LogP contribution in [0, 0.1) is 57.2 Å². The fraction of sp³-hybridized carbons (Fsp3) is 0.108. The van der Waals surface area contributed by atoms with Gasteiger partial charge in [-0.2, -0.15) is 21.0 Å². The van der Waals surface area contributed by atoms with E-state index in [2.05, 4.69) is 11.8 Å². The molecule has 0 aliphatic heterocycles. The SMILES string of the molecule is COC(=O)c1cc(C(=C(C#N)C#N)C(=C(C#N)C#N)c2ccc(C#Cc3ccccc3)cc2)c2cccc(C(C)C)cc1-2. The fourth-order valence-corrected chi connectivity index (χ4v) is 4.71. The Morgan fingerprint density at radius 1 is 0.651 bits per heavy atom. The van der Waals surface area contributed by atoms with E-state index in [1.807, 2.05) is 86.7 Å². The number of rotatable bonds is 5. The number of allylic oxidation sites excluding steroid dienone is 4. The molecule has 2 aromatic rings. The van der Waals surface area contributed by atoms with Gasteiger partial charge in [0.05, 0.1) is 12.7 Å². The van der Waals surface area contributed by atoms with E-state index < -0.39 is 5.97 Å². The first-order valence-electron chi connectivity index (χ1n) is 13.3. The summed E-state index contributed by atoms with van der Waals surface area (Å²) >= 11 is 0. The molecule has 0 saturated heterocycles. The van der Waals surface area contributed by atoms with Crippen molar-refractivity contribution in [2.45, 2.75) is 19.8 Å². The lowest BCUT2D eigenvalue weighted by molar-refractivity contribution is 0.0602. The first-order chi connectivity index (χ1) is 20.9. The van der Waals surface area contributed by atoms with Crippen LogP contribution < -0.4 is 0 Å². The van der Waals surface area contributed by atoms with Gasteiger partial charge in [0, 0.05) is 22.3 Å². The first kappa shape index (κ1) is 29.6. The number of nitrogens with zero attached hydrogens (tertiary/aromatic N) is 4. The minimum atomic E-state index is -0.598. The van der Waals surface area contributed by atoms with Crippen LogP contribution in [-0.4, -0.2) is 13.1 Å². The maximum absolute atomic E-state index is 12.9. The van der Waals surface area contributed by atoms with Crippen molar-refractivity contribution < 1.29 is 9.53 Å².